The standard InChI is InChI=1S/C30H22N2O4/c31-19-25-8-4-5-9-27(25)23-14-10-22(11-15-23)20-36-26-16-12-21(13-17-26)18-28(30(34)35)32-29(33)24-6-2-1-3-7-24/h1-18H,20H2,(H,32,33)(H,34,35). The molecule has 0 heterocycles. The highest BCUT2D eigenvalue weighted by molar-refractivity contribution is 6.02. The van der Waals surface area contributed by atoms with Gasteiger partial charge in [-0.25, -0.2) is 4.79 Å². The number of carbonyl (C=O) groups is 2. The Morgan fingerprint density at radius 3 is 2.19 bits per heavy atom. The van der Waals surface area contributed by atoms with Crippen LogP contribution in [0.2, 0.25) is 0 Å². The van der Waals surface area contributed by atoms with Gasteiger partial charge in [0.1, 0.15) is 18.1 Å². The molecule has 0 aliphatic rings. The van der Waals surface area contributed by atoms with Crippen molar-refractivity contribution in [3.63, 3.8) is 0 Å². The molecule has 0 aliphatic heterocycles. The molecule has 0 aliphatic carbocycles. The number of hydrogen-bond acceptors (Lipinski definition) is 4. The number of hydrogen-bond donors (Lipinski definition) is 2. The van der Waals surface area contributed by atoms with E-state index >= 15 is 0 Å². The van der Waals surface area contributed by atoms with Gasteiger partial charge in [0, 0.05) is 5.56 Å². The number of amides is 1. The largest absolute Gasteiger partial charge is 0.489 e. The van der Waals surface area contributed by atoms with Crippen LogP contribution in [0.3, 0.4) is 0 Å². The molecule has 4 aromatic carbocycles. The number of ether oxygens (including phenoxy) is 1. The molecule has 4 aromatic rings. The van der Waals surface area contributed by atoms with Gasteiger partial charge < -0.3 is 15.2 Å². The van der Waals surface area contributed by atoms with Crippen molar-refractivity contribution in [3.8, 4) is 22.9 Å². The molecule has 2 N–H and O–H groups in total. The second-order valence-corrected chi connectivity index (χ2v) is 7.90. The molecule has 4 rings (SSSR count). The van der Waals surface area contributed by atoms with Gasteiger partial charge in [-0.15, -0.1) is 0 Å². The van der Waals surface area contributed by atoms with Gasteiger partial charge in [-0.3, -0.25) is 4.79 Å². The molecule has 0 unspecified atom stereocenters. The second-order valence-electron chi connectivity index (χ2n) is 7.90. The Hall–Kier alpha value is -5.15. The van der Waals surface area contributed by atoms with Crippen LogP contribution < -0.4 is 10.1 Å². The topological polar surface area (TPSA) is 99.4 Å². The Labute approximate surface area is 208 Å². The quantitative estimate of drug-likeness (QED) is 0.321. The third-order valence-corrected chi connectivity index (χ3v) is 5.42. The summed E-state index contributed by atoms with van der Waals surface area (Å²) in [7, 11) is 0. The number of carbonyl (C=O) groups excluding carboxylic acids is 1. The smallest absolute Gasteiger partial charge is 0.352 e. The molecule has 0 fully saturated rings. The summed E-state index contributed by atoms with van der Waals surface area (Å²) in [6.45, 7) is 0.350. The summed E-state index contributed by atoms with van der Waals surface area (Å²) in [5.41, 5.74) is 4.19. The van der Waals surface area contributed by atoms with Crippen molar-refractivity contribution in [2.24, 2.45) is 0 Å². The number of rotatable bonds is 8. The first-order valence-electron chi connectivity index (χ1n) is 11.2. The van der Waals surface area contributed by atoms with E-state index in [-0.39, 0.29) is 5.70 Å². The van der Waals surface area contributed by atoms with E-state index in [0.717, 1.165) is 16.7 Å². The number of carboxylic acid groups (broad SMARTS) is 1. The molecule has 1 amide bonds. The van der Waals surface area contributed by atoms with Crippen molar-refractivity contribution in [2.45, 2.75) is 6.61 Å². The summed E-state index contributed by atoms with van der Waals surface area (Å²) in [5.74, 6) is -1.11. The Morgan fingerprint density at radius 2 is 1.53 bits per heavy atom. The van der Waals surface area contributed by atoms with Crippen LogP contribution >= 0.6 is 0 Å². The van der Waals surface area contributed by atoms with E-state index in [1.807, 2.05) is 42.5 Å². The van der Waals surface area contributed by atoms with Crippen molar-refractivity contribution < 1.29 is 19.4 Å². The molecule has 6 nitrogen and oxygen atoms in total. The number of aliphatic carboxylic acids is 1. The monoisotopic (exact) mass is 474 g/mol. The molecule has 176 valence electrons. The highest BCUT2D eigenvalue weighted by Crippen LogP contribution is 2.24. The zero-order valence-electron chi connectivity index (χ0n) is 19.2. The van der Waals surface area contributed by atoms with Crippen LogP contribution in [0.1, 0.15) is 27.0 Å². The van der Waals surface area contributed by atoms with Crippen LogP contribution in [-0.4, -0.2) is 17.0 Å². The van der Waals surface area contributed by atoms with E-state index < -0.39 is 11.9 Å². The lowest BCUT2D eigenvalue weighted by atomic mass is 9.99. The van der Waals surface area contributed by atoms with Gasteiger partial charge in [0.15, 0.2) is 0 Å². The molecule has 36 heavy (non-hydrogen) atoms. The number of carboxylic acids is 1. The lowest BCUT2D eigenvalue weighted by Gasteiger charge is -2.09. The van der Waals surface area contributed by atoms with E-state index in [4.69, 9.17) is 4.74 Å². The second kappa shape index (κ2) is 11.3. The zero-order valence-corrected chi connectivity index (χ0v) is 19.2. The SMILES string of the molecule is N#Cc1ccccc1-c1ccc(COc2ccc(C=C(NC(=O)c3ccccc3)C(=O)O)cc2)cc1. The van der Waals surface area contributed by atoms with Crippen LogP contribution in [0.15, 0.2) is 109 Å². The first-order valence-corrected chi connectivity index (χ1v) is 11.2. The molecule has 6 heteroatoms. The van der Waals surface area contributed by atoms with Crippen molar-refractivity contribution in [2.75, 3.05) is 0 Å². The summed E-state index contributed by atoms with van der Waals surface area (Å²) in [6, 6.07) is 32.8. The summed E-state index contributed by atoms with van der Waals surface area (Å²) in [5, 5.41) is 21.2. The minimum atomic E-state index is -1.24. The van der Waals surface area contributed by atoms with Crippen LogP contribution in [0, 0.1) is 11.3 Å². The number of nitriles is 1. The fraction of sp³-hybridized carbons (Fsp3) is 0.0333. The Balaban J connectivity index is 1.39. The average molecular weight is 475 g/mol. The minimum absolute atomic E-state index is 0.226. The summed E-state index contributed by atoms with van der Waals surface area (Å²) >= 11 is 0. The van der Waals surface area contributed by atoms with Gasteiger partial charge in [0.25, 0.3) is 5.91 Å². The average Bonchev–Trinajstić information content (AvgIpc) is 2.93. The molecule has 0 saturated carbocycles. The van der Waals surface area contributed by atoms with Crippen LogP contribution in [0.25, 0.3) is 17.2 Å². The van der Waals surface area contributed by atoms with Gasteiger partial charge >= 0.3 is 5.97 Å². The maximum atomic E-state index is 12.3. The summed E-state index contributed by atoms with van der Waals surface area (Å²) < 4.78 is 5.85. The Morgan fingerprint density at radius 1 is 0.861 bits per heavy atom. The fourth-order valence-corrected chi connectivity index (χ4v) is 3.54. The zero-order chi connectivity index (χ0) is 25.3. The van der Waals surface area contributed by atoms with E-state index in [9.17, 15) is 20.0 Å². The van der Waals surface area contributed by atoms with E-state index in [0.29, 0.717) is 29.0 Å². The van der Waals surface area contributed by atoms with Crippen molar-refractivity contribution >= 4 is 18.0 Å². The Kier molecular flexibility index (Phi) is 7.54. The van der Waals surface area contributed by atoms with Gasteiger partial charge in [-0.05, 0) is 58.7 Å². The number of nitrogens with zero attached hydrogens (tertiary/aromatic N) is 1. The van der Waals surface area contributed by atoms with E-state index in [1.54, 1.807) is 60.7 Å². The molecule has 0 radical (unpaired) electrons. The molecule has 0 atom stereocenters. The van der Waals surface area contributed by atoms with Gasteiger partial charge in [0.05, 0.1) is 11.6 Å². The lowest BCUT2D eigenvalue weighted by Crippen LogP contribution is -2.27. The third kappa shape index (κ3) is 6.04. The maximum Gasteiger partial charge on any atom is 0.352 e. The number of nitrogens with one attached hydrogen (secondary N) is 1. The van der Waals surface area contributed by atoms with E-state index in [1.165, 1.54) is 6.08 Å². The number of benzene rings is 4. The van der Waals surface area contributed by atoms with Crippen molar-refractivity contribution in [1.29, 1.82) is 5.26 Å². The maximum absolute atomic E-state index is 12.3. The molecule has 0 aromatic heterocycles. The third-order valence-electron chi connectivity index (χ3n) is 5.42. The highest BCUT2D eigenvalue weighted by atomic mass is 16.5. The molecular formula is C30H22N2O4. The molecule has 0 saturated heterocycles. The van der Waals surface area contributed by atoms with Crippen LogP contribution in [0.4, 0.5) is 0 Å². The summed E-state index contributed by atoms with van der Waals surface area (Å²) in [4.78, 5) is 23.9. The van der Waals surface area contributed by atoms with Crippen LogP contribution in [-0.2, 0) is 11.4 Å². The molecule has 0 bridgehead atoms. The summed E-state index contributed by atoms with van der Waals surface area (Å²) in [6.07, 6.45) is 1.39. The first kappa shape index (κ1) is 24.0. The lowest BCUT2D eigenvalue weighted by molar-refractivity contribution is -0.132. The van der Waals surface area contributed by atoms with Gasteiger partial charge in [-0.1, -0.05) is 72.8 Å². The minimum Gasteiger partial charge on any atom is -0.489 e. The van der Waals surface area contributed by atoms with E-state index in [2.05, 4.69) is 11.4 Å². The Bertz CT molecular complexity index is 1440. The van der Waals surface area contributed by atoms with Crippen molar-refractivity contribution in [3.05, 3.63) is 131 Å². The molecule has 0 spiro atoms. The van der Waals surface area contributed by atoms with Gasteiger partial charge in [-0.2, -0.15) is 5.26 Å². The fourth-order valence-electron chi connectivity index (χ4n) is 3.54. The first-order chi connectivity index (χ1) is 17.5. The van der Waals surface area contributed by atoms with Gasteiger partial charge in [0.2, 0.25) is 0 Å². The normalized spacial score (nSPS) is 10.8. The molecular weight excluding hydrogens is 452 g/mol. The predicted molar refractivity (Wildman–Crippen MR) is 137 cm³/mol. The van der Waals surface area contributed by atoms with Crippen LogP contribution in [0.5, 0.6) is 5.75 Å². The predicted octanol–water partition coefficient (Wildman–Crippen LogP) is 5.66. The highest BCUT2D eigenvalue weighted by Gasteiger charge is 2.13. The van der Waals surface area contributed by atoms with Crippen molar-refractivity contribution in [1.82, 2.24) is 5.32 Å².